The first-order valence-corrected chi connectivity index (χ1v) is 12.1. The van der Waals surface area contributed by atoms with Gasteiger partial charge in [0, 0.05) is 37.7 Å². The number of hydrogen-bond donors (Lipinski definition) is 1. The minimum absolute atomic E-state index is 0.253. The Balaban J connectivity index is 1.26. The fraction of sp³-hybridized carbons (Fsp3) is 0.500. The number of carbonyl (C=O) groups is 1. The first-order chi connectivity index (χ1) is 15.9. The van der Waals surface area contributed by atoms with Crippen LogP contribution in [0.15, 0.2) is 36.4 Å². The Morgan fingerprint density at radius 3 is 2.45 bits per heavy atom. The van der Waals surface area contributed by atoms with Crippen molar-refractivity contribution < 1.29 is 19.4 Å². The fourth-order valence-corrected chi connectivity index (χ4v) is 5.10. The molecule has 0 saturated carbocycles. The van der Waals surface area contributed by atoms with Crippen molar-refractivity contribution in [1.29, 1.82) is 0 Å². The van der Waals surface area contributed by atoms with E-state index in [9.17, 15) is 9.90 Å². The van der Waals surface area contributed by atoms with E-state index in [4.69, 9.17) is 21.1 Å². The molecule has 2 aromatic rings. The van der Waals surface area contributed by atoms with Crippen LogP contribution >= 0.6 is 11.6 Å². The van der Waals surface area contributed by atoms with Crippen molar-refractivity contribution in [2.24, 2.45) is 5.92 Å². The van der Waals surface area contributed by atoms with Crippen LogP contribution in [-0.2, 0) is 0 Å². The van der Waals surface area contributed by atoms with Gasteiger partial charge in [0.1, 0.15) is 17.6 Å². The molecule has 6 nitrogen and oxygen atoms in total. The second-order valence-corrected chi connectivity index (χ2v) is 9.53. The van der Waals surface area contributed by atoms with Gasteiger partial charge in [0.25, 0.3) is 0 Å². The Hall–Kier alpha value is -2.44. The first kappa shape index (κ1) is 23.7. The van der Waals surface area contributed by atoms with Crippen LogP contribution < -0.4 is 14.4 Å². The van der Waals surface area contributed by atoms with Crippen LogP contribution in [0.1, 0.15) is 41.6 Å². The largest absolute Gasteiger partial charge is 0.495 e. The van der Waals surface area contributed by atoms with Gasteiger partial charge in [-0.1, -0.05) is 17.7 Å². The molecule has 0 unspecified atom stereocenters. The maximum Gasteiger partial charge on any atom is 0.337 e. The number of carboxylic acids is 1. The number of aromatic carboxylic acids is 1. The SMILES string of the molecule is COc1cccc(C(=O)O)c1N1CCC(CN2CCC(Oc3ccc(Cl)c(C)c3)CC2)CC1. The van der Waals surface area contributed by atoms with E-state index < -0.39 is 5.97 Å². The molecule has 33 heavy (non-hydrogen) atoms. The zero-order valence-corrected chi connectivity index (χ0v) is 20.2. The molecule has 0 radical (unpaired) electrons. The van der Waals surface area contributed by atoms with Crippen molar-refractivity contribution in [3.05, 3.63) is 52.5 Å². The van der Waals surface area contributed by atoms with E-state index in [1.54, 1.807) is 19.2 Å². The van der Waals surface area contributed by atoms with Gasteiger partial charge in [0.15, 0.2) is 0 Å². The Labute approximate surface area is 201 Å². The third kappa shape index (κ3) is 5.74. The van der Waals surface area contributed by atoms with E-state index in [0.717, 1.165) is 74.7 Å². The van der Waals surface area contributed by atoms with Crippen LogP contribution in [0.3, 0.4) is 0 Å². The zero-order chi connectivity index (χ0) is 23.4. The zero-order valence-electron chi connectivity index (χ0n) is 19.4. The summed E-state index contributed by atoms with van der Waals surface area (Å²) < 4.78 is 11.7. The van der Waals surface area contributed by atoms with Crippen LogP contribution in [0.5, 0.6) is 11.5 Å². The predicted molar refractivity (Wildman–Crippen MR) is 131 cm³/mol. The van der Waals surface area contributed by atoms with Crippen molar-refractivity contribution in [1.82, 2.24) is 4.90 Å². The van der Waals surface area contributed by atoms with E-state index in [0.29, 0.717) is 22.9 Å². The minimum Gasteiger partial charge on any atom is -0.495 e. The third-order valence-electron chi connectivity index (χ3n) is 6.86. The van der Waals surface area contributed by atoms with Crippen molar-refractivity contribution in [3.63, 3.8) is 0 Å². The number of likely N-dealkylation sites (tertiary alicyclic amines) is 1. The van der Waals surface area contributed by atoms with Gasteiger partial charge in [0.2, 0.25) is 0 Å². The summed E-state index contributed by atoms with van der Waals surface area (Å²) in [6.07, 6.45) is 4.42. The molecule has 7 heteroatoms. The normalized spacial score (nSPS) is 18.3. The standard InChI is InChI=1S/C26H33ClN2O4/c1-18-16-21(6-7-23(18)27)33-20-10-12-28(13-11-20)17-19-8-14-29(15-9-19)25-22(26(30)31)4-3-5-24(25)32-2/h3-7,16,19-20H,8-15,17H2,1-2H3,(H,30,31). The average molecular weight is 473 g/mol. The minimum atomic E-state index is -0.912. The van der Waals surface area contributed by atoms with Crippen molar-refractivity contribution >= 4 is 23.3 Å². The first-order valence-electron chi connectivity index (χ1n) is 11.7. The second kappa shape index (κ2) is 10.7. The van der Waals surface area contributed by atoms with Gasteiger partial charge >= 0.3 is 5.97 Å². The van der Waals surface area contributed by atoms with Gasteiger partial charge in [-0.25, -0.2) is 4.79 Å². The highest BCUT2D eigenvalue weighted by molar-refractivity contribution is 6.31. The number of ether oxygens (including phenoxy) is 2. The van der Waals surface area contributed by atoms with E-state index in [-0.39, 0.29) is 6.10 Å². The predicted octanol–water partition coefficient (Wildman–Crippen LogP) is 5.12. The van der Waals surface area contributed by atoms with Crippen LogP contribution in [-0.4, -0.2) is 61.9 Å². The lowest BCUT2D eigenvalue weighted by atomic mass is 9.94. The number of para-hydroxylation sites is 1. The lowest BCUT2D eigenvalue weighted by Crippen LogP contribution is -2.43. The molecule has 2 aliphatic rings. The highest BCUT2D eigenvalue weighted by Crippen LogP contribution is 2.35. The number of carboxylic acid groups (broad SMARTS) is 1. The number of piperidine rings is 2. The summed E-state index contributed by atoms with van der Waals surface area (Å²) in [5.41, 5.74) is 2.06. The Morgan fingerprint density at radius 1 is 1.09 bits per heavy atom. The van der Waals surface area contributed by atoms with Crippen molar-refractivity contribution in [2.45, 2.75) is 38.7 Å². The highest BCUT2D eigenvalue weighted by atomic mass is 35.5. The molecule has 2 fully saturated rings. The lowest BCUT2D eigenvalue weighted by molar-refractivity contribution is 0.0696. The molecule has 0 aromatic heterocycles. The van der Waals surface area contributed by atoms with E-state index in [1.807, 2.05) is 31.2 Å². The Bertz CT molecular complexity index is 967. The van der Waals surface area contributed by atoms with Gasteiger partial charge in [-0.15, -0.1) is 0 Å². The summed E-state index contributed by atoms with van der Waals surface area (Å²) in [4.78, 5) is 16.5. The number of anilines is 1. The average Bonchev–Trinajstić information content (AvgIpc) is 2.82. The molecule has 2 aliphatic heterocycles. The molecule has 0 bridgehead atoms. The molecule has 178 valence electrons. The third-order valence-corrected chi connectivity index (χ3v) is 7.29. The fourth-order valence-electron chi connectivity index (χ4n) is 4.98. The molecule has 1 N–H and O–H groups in total. The number of halogens is 1. The van der Waals surface area contributed by atoms with E-state index in [2.05, 4.69) is 9.80 Å². The summed E-state index contributed by atoms with van der Waals surface area (Å²) in [5, 5.41) is 10.4. The smallest absolute Gasteiger partial charge is 0.337 e. The number of benzene rings is 2. The number of nitrogens with zero attached hydrogens (tertiary/aromatic N) is 2. The molecule has 0 spiro atoms. The molecule has 4 rings (SSSR count). The van der Waals surface area contributed by atoms with Gasteiger partial charge in [-0.05, 0) is 74.4 Å². The van der Waals surface area contributed by atoms with Crippen molar-refractivity contribution in [3.8, 4) is 11.5 Å². The molecule has 2 saturated heterocycles. The number of hydrogen-bond acceptors (Lipinski definition) is 5. The maximum atomic E-state index is 11.7. The van der Waals surface area contributed by atoms with E-state index in [1.165, 1.54) is 0 Å². The number of aryl methyl sites for hydroxylation is 1. The van der Waals surface area contributed by atoms with Gasteiger partial charge in [-0.3, -0.25) is 0 Å². The van der Waals surface area contributed by atoms with Crippen molar-refractivity contribution in [2.75, 3.05) is 44.7 Å². The van der Waals surface area contributed by atoms with Crippen LogP contribution in [0.25, 0.3) is 0 Å². The van der Waals surface area contributed by atoms with Gasteiger partial charge in [0.05, 0.1) is 18.4 Å². The molecule has 2 heterocycles. The summed E-state index contributed by atoms with van der Waals surface area (Å²) in [6.45, 7) is 6.89. The summed E-state index contributed by atoms with van der Waals surface area (Å²) in [6, 6.07) is 11.1. The molecule has 0 aliphatic carbocycles. The maximum absolute atomic E-state index is 11.7. The molecule has 0 amide bonds. The number of rotatable bonds is 7. The number of methoxy groups -OCH3 is 1. The van der Waals surface area contributed by atoms with Gasteiger partial charge < -0.3 is 24.4 Å². The second-order valence-electron chi connectivity index (χ2n) is 9.12. The highest BCUT2D eigenvalue weighted by Gasteiger charge is 2.28. The van der Waals surface area contributed by atoms with E-state index >= 15 is 0 Å². The monoisotopic (exact) mass is 472 g/mol. The Morgan fingerprint density at radius 2 is 1.82 bits per heavy atom. The van der Waals surface area contributed by atoms with Crippen LogP contribution in [0.4, 0.5) is 5.69 Å². The summed E-state index contributed by atoms with van der Waals surface area (Å²) in [7, 11) is 1.60. The Kier molecular flexibility index (Phi) is 7.66. The van der Waals surface area contributed by atoms with Crippen LogP contribution in [0.2, 0.25) is 5.02 Å². The topological polar surface area (TPSA) is 62.2 Å². The molecule has 2 aromatic carbocycles. The molecular weight excluding hydrogens is 440 g/mol. The lowest BCUT2D eigenvalue weighted by Gasteiger charge is -2.39. The summed E-state index contributed by atoms with van der Waals surface area (Å²) >= 11 is 6.12. The van der Waals surface area contributed by atoms with Crippen LogP contribution in [0, 0.1) is 12.8 Å². The molecule has 0 atom stereocenters. The quantitative estimate of drug-likeness (QED) is 0.603. The molecular formula is C26H33ClN2O4. The summed E-state index contributed by atoms with van der Waals surface area (Å²) in [5.74, 6) is 1.25. The van der Waals surface area contributed by atoms with Gasteiger partial charge in [-0.2, -0.15) is 0 Å².